The quantitative estimate of drug-likeness (QED) is 0.829. The molecule has 3 rings (SSSR count). The Balaban J connectivity index is 1.83. The van der Waals surface area contributed by atoms with E-state index in [2.05, 4.69) is 10.5 Å². The number of aryl methyl sites for hydroxylation is 3. The largest absolute Gasteiger partial charge is 0.444 e. The molecule has 1 atom stereocenters. The third-order valence-electron chi connectivity index (χ3n) is 4.78. The van der Waals surface area contributed by atoms with Crippen molar-refractivity contribution in [1.82, 2.24) is 10.5 Å². The number of nitrogens with zero attached hydrogens (tertiary/aromatic N) is 1. The van der Waals surface area contributed by atoms with Gasteiger partial charge >= 0.3 is 5.97 Å². The van der Waals surface area contributed by atoms with Crippen LogP contribution in [0.1, 0.15) is 64.7 Å². The molecule has 0 aliphatic heterocycles. The number of ether oxygens (including phenoxy) is 1. The second-order valence-electron chi connectivity index (χ2n) is 6.89. The molecule has 1 aliphatic rings. The molecule has 1 fully saturated rings. The van der Waals surface area contributed by atoms with Crippen molar-refractivity contribution in [2.45, 2.75) is 58.6 Å². The first-order valence-electron chi connectivity index (χ1n) is 8.96. The maximum absolute atomic E-state index is 12.8. The van der Waals surface area contributed by atoms with Gasteiger partial charge < -0.3 is 14.6 Å². The van der Waals surface area contributed by atoms with E-state index in [4.69, 9.17) is 9.26 Å². The first-order valence-corrected chi connectivity index (χ1v) is 8.96. The Hall–Kier alpha value is -2.63. The van der Waals surface area contributed by atoms with Gasteiger partial charge in [0.25, 0.3) is 5.91 Å². The highest BCUT2D eigenvalue weighted by Gasteiger charge is 2.30. The van der Waals surface area contributed by atoms with E-state index in [1.165, 1.54) is 0 Å². The molecule has 1 heterocycles. The van der Waals surface area contributed by atoms with Crippen LogP contribution in [0.4, 0.5) is 0 Å². The van der Waals surface area contributed by atoms with Gasteiger partial charge in [0.2, 0.25) is 6.10 Å². The Morgan fingerprint density at radius 1 is 1.15 bits per heavy atom. The van der Waals surface area contributed by atoms with Crippen molar-refractivity contribution in [3.8, 4) is 0 Å². The van der Waals surface area contributed by atoms with E-state index in [9.17, 15) is 9.59 Å². The van der Waals surface area contributed by atoms with Crippen LogP contribution in [0.5, 0.6) is 0 Å². The van der Waals surface area contributed by atoms with Crippen molar-refractivity contribution in [1.29, 1.82) is 0 Å². The molecule has 1 N–H and O–H groups in total. The summed E-state index contributed by atoms with van der Waals surface area (Å²) in [5.41, 5.74) is 2.44. The molecule has 1 aromatic carbocycles. The molecule has 6 nitrogen and oxygen atoms in total. The zero-order chi connectivity index (χ0) is 18.7. The summed E-state index contributed by atoms with van der Waals surface area (Å²) in [4.78, 5) is 25.5. The standard InChI is InChI=1S/C20H24N2O4/c1-12-8-10-15(11-9-12)18(19(23)21-16-6-4-5-7-16)25-20(24)17-13(2)22-26-14(17)3/h8-11,16,18H,4-7H2,1-3H3,(H,21,23)/t18-/m0/s1. The molecule has 1 amide bonds. The second kappa shape index (κ2) is 7.72. The molecule has 2 aromatic rings. The zero-order valence-corrected chi connectivity index (χ0v) is 15.4. The second-order valence-corrected chi connectivity index (χ2v) is 6.89. The van der Waals surface area contributed by atoms with Gasteiger partial charge in [-0.3, -0.25) is 4.79 Å². The summed E-state index contributed by atoms with van der Waals surface area (Å²) in [5, 5.41) is 6.80. The molecule has 0 bridgehead atoms. The molecule has 0 radical (unpaired) electrons. The van der Waals surface area contributed by atoms with E-state index in [1.54, 1.807) is 13.8 Å². The van der Waals surface area contributed by atoms with Crippen molar-refractivity contribution in [3.05, 3.63) is 52.4 Å². The van der Waals surface area contributed by atoms with E-state index < -0.39 is 12.1 Å². The maximum Gasteiger partial charge on any atom is 0.344 e. The monoisotopic (exact) mass is 356 g/mol. The van der Waals surface area contributed by atoms with Crippen LogP contribution >= 0.6 is 0 Å². The fourth-order valence-corrected chi connectivity index (χ4v) is 3.30. The summed E-state index contributed by atoms with van der Waals surface area (Å²) in [6.07, 6.45) is 3.14. The average Bonchev–Trinajstić information content (AvgIpc) is 3.23. The van der Waals surface area contributed by atoms with Crippen molar-refractivity contribution in [3.63, 3.8) is 0 Å². The van der Waals surface area contributed by atoms with Crippen molar-refractivity contribution in [2.75, 3.05) is 0 Å². The summed E-state index contributed by atoms with van der Waals surface area (Å²) in [7, 11) is 0. The highest BCUT2D eigenvalue weighted by Crippen LogP contribution is 2.24. The van der Waals surface area contributed by atoms with Gasteiger partial charge in [-0.2, -0.15) is 0 Å². The first kappa shape index (κ1) is 18.2. The number of esters is 1. The summed E-state index contributed by atoms with van der Waals surface area (Å²) < 4.78 is 10.6. The van der Waals surface area contributed by atoms with Crippen LogP contribution in [0.25, 0.3) is 0 Å². The number of aromatic nitrogens is 1. The Morgan fingerprint density at radius 2 is 1.81 bits per heavy atom. The number of rotatable bonds is 5. The fraction of sp³-hybridized carbons (Fsp3) is 0.450. The molecule has 26 heavy (non-hydrogen) atoms. The van der Waals surface area contributed by atoms with Gasteiger partial charge in [-0.1, -0.05) is 47.8 Å². The molecule has 138 valence electrons. The third-order valence-corrected chi connectivity index (χ3v) is 4.78. The Labute approximate surface area is 152 Å². The lowest BCUT2D eigenvalue weighted by Crippen LogP contribution is -2.38. The van der Waals surface area contributed by atoms with Crippen LogP contribution in [-0.2, 0) is 9.53 Å². The zero-order valence-electron chi connectivity index (χ0n) is 15.4. The lowest BCUT2D eigenvalue weighted by Gasteiger charge is -2.20. The average molecular weight is 356 g/mol. The van der Waals surface area contributed by atoms with E-state index in [1.807, 2.05) is 31.2 Å². The van der Waals surface area contributed by atoms with E-state index in [0.717, 1.165) is 31.2 Å². The van der Waals surface area contributed by atoms with Gasteiger partial charge in [-0.25, -0.2) is 4.79 Å². The maximum atomic E-state index is 12.8. The molecular weight excluding hydrogens is 332 g/mol. The smallest absolute Gasteiger partial charge is 0.344 e. The van der Waals surface area contributed by atoms with Crippen LogP contribution in [0.2, 0.25) is 0 Å². The molecule has 1 saturated carbocycles. The minimum absolute atomic E-state index is 0.146. The summed E-state index contributed by atoms with van der Waals surface area (Å²) in [6, 6.07) is 7.57. The predicted molar refractivity (Wildman–Crippen MR) is 95.7 cm³/mol. The van der Waals surface area contributed by atoms with Crippen LogP contribution in [0, 0.1) is 20.8 Å². The number of nitrogens with one attached hydrogen (secondary N) is 1. The molecule has 0 spiro atoms. The van der Waals surface area contributed by atoms with Gasteiger partial charge in [0.1, 0.15) is 11.3 Å². The highest BCUT2D eigenvalue weighted by molar-refractivity contribution is 5.94. The van der Waals surface area contributed by atoms with Gasteiger partial charge in [-0.15, -0.1) is 0 Å². The first-order chi connectivity index (χ1) is 12.5. The molecular formula is C20H24N2O4. The van der Waals surface area contributed by atoms with E-state index >= 15 is 0 Å². The van der Waals surface area contributed by atoms with Gasteiger partial charge in [-0.05, 0) is 33.6 Å². The van der Waals surface area contributed by atoms with Crippen molar-refractivity contribution < 1.29 is 18.8 Å². The lowest BCUT2D eigenvalue weighted by atomic mass is 10.1. The lowest BCUT2D eigenvalue weighted by molar-refractivity contribution is -0.131. The number of carbonyl (C=O) groups is 2. The van der Waals surface area contributed by atoms with Crippen molar-refractivity contribution >= 4 is 11.9 Å². The van der Waals surface area contributed by atoms with E-state index in [-0.39, 0.29) is 17.5 Å². The third kappa shape index (κ3) is 3.95. The predicted octanol–water partition coefficient (Wildman–Crippen LogP) is 3.56. The van der Waals surface area contributed by atoms with Crippen LogP contribution in [0.3, 0.4) is 0 Å². The molecule has 6 heteroatoms. The Bertz CT molecular complexity index is 769. The number of carbonyl (C=O) groups excluding carboxylic acids is 2. The highest BCUT2D eigenvalue weighted by atomic mass is 16.6. The topological polar surface area (TPSA) is 81.4 Å². The number of hydrogen-bond donors (Lipinski definition) is 1. The Kier molecular flexibility index (Phi) is 5.40. The van der Waals surface area contributed by atoms with Gasteiger partial charge in [0.15, 0.2) is 0 Å². The minimum Gasteiger partial charge on any atom is -0.444 e. The minimum atomic E-state index is -1.00. The van der Waals surface area contributed by atoms with Crippen LogP contribution in [-0.4, -0.2) is 23.1 Å². The van der Waals surface area contributed by atoms with Gasteiger partial charge in [0, 0.05) is 11.6 Å². The normalized spacial score (nSPS) is 15.7. The summed E-state index contributed by atoms with van der Waals surface area (Å²) in [6.45, 7) is 5.29. The molecule has 0 saturated heterocycles. The fourth-order valence-electron chi connectivity index (χ4n) is 3.30. The van der Waals surface area contributed by atoms with Crippen LogP contribution in [0.15, 0.2) is 28.8 Å². The van der Waals surface area contributed by atoms with Crippen LogP contribution < -0.4 is 5.32 Å². The number of amides is 1. The number of hydrogen-bond acceptors (Lipinski definition) is 5. The summed E-state index contributed by atoms with van der Waals surface area (Å²) >= 11 is 0. The number of benzene rings is 1. The molecule has 1 aliphatic carbocycles. The van der Waals surface area contributed by atoms with E-state index in [0.29, 0.717) is 17.0 Å². The summed E-state index contributed by atoms with van der Waals surface area (Å²) in [5.74, 6) is -0.513. The van der Waals surface area contributed by atoms with Gasteiger partial charge in [0.05, 0.1) is 5.69 Å². The SMILES string of the molecule is Cc1ccc([C@H](OC(=O)c2c(C)noc2C)C(=O)NC2CCCC2)cc1. The molecule has 1 aromatic heterocycles. The van der Waals surface area contributed by atoms with Crippen molar-refractivity contribution in [2.24, 2.45) is 0 Å². The Morgan fingerprint density at radius 3 is 2.38 bits per heavy atom. The molecule has 0 unspecified atom stereocenters.